The van der Waals surface area contributed by atoms with Crippen LogP contribution in [0.1, 0.15) is 23.6 Å². The quantitative estimate of drug-likeness (QED) is 0.392. The van der Waals surface area contributed by atoms with Crippen LogP contribution in [0.5, 0.6) is 11.5 Å². The summed E-state index contributed by atoms with van der Waals surface area (Å²) in [6, 6.07) is 20.0. The molecule has 0 unspecified atom stereocenters. The molecule has 3 nitrogen and oxygen atoms in total. The van der Waals surface area contributed by atoms with Crippen molar-refractivity contribution in [1.82, 2.24) is 0 Å². The number of nitrogens with one attached hydrogen (secondary N) is 1. The Labute approximate surface area is 179 Å². The van der Waals surface area contributed by atoms with E-state index in [1.165, 1.54) is 5.56 Å². The molecule has 0 amide bonds. The highest BCUT2D eigenvalue weighted by atomic mass is 79.9. The minimum absolute atomic E-state index is 0.374. The predicted molar refractivity (Wildman–Crippen MR) is 120 cm³/mol. The number of benzene rings is 3. The van der Waals surface area contributed by atoms with Crippen molar-refractivity contribution in [3.05, 3.63) is 86.8 Å². The third kappa shape index (κ3) is 5.43. The summed E-state index contributed by atoms with van der Waals surface area (Å²) < 4.78 is 12.7. The molecule has 3 aromatic rings. The van der Waals surface area contributed by atoms with Crippen LogP contribution in [0.15, 0.2) is 65.1 Å². The maximum atomic E-state index is 6.24. The van der Waals surface area contributed by atoms with Crippen molar-refractivity contribution in [2.45, 2.75) is 27.0 Å². The van der Waals surface area contributed by atoms with Crippen molar-refractivity contribution >= 4 is 33.2 Å². The number of ether oxygens (including phenoxy) is 2. The van der Waals surface area contributed by atoms with Crippen molar-refractivity contribution in [3.63, 3.8) is 0 Å². The number of halogens is 2. The average Bonchev–Trinajstić information content (AvgIpc) is 2.67. The lowest BCUT2D eigenvalue weighted by Crippen LogP contribution is -2.04. The molecule has 0 aliphatic heterocycles. The predicted octanol–water partition coefficient (Wildman–Crippen LogP) is 7.00. The zero-order valence-corrected chi connectivity index (χ0v) is 18.3. The molecule has 1 N–H and O–H groups in total. The van der Waals surface area contributed by atoms with Gasteiger partial charge in [-0.05, 0) is 71.2 Å². The number of hydrogen-bond acceptors (Lipinski definition) is 3. The molecule has 3 aromatic carbocycles. The molecule has 0 aromatic heterocycles. The maximum Gasteiger partial charge on any atom is 0.175 e. The summed E-state index contributed by atoms with van der Waals surface area (Å²) in [7, 11) is 0. The monoisotopic (exact) mass is 459 g/mol. The number of aryl methyl sites for hydroxylation is 1. The van der Waals surface area contributed by atoms with E-state index in [1.54, 1.807) is 0 Å². The molecule has 0 atom stereocenters. The first-order valence-corrected chi connectivity index (χ1v) is 10.4. The van der Waals surface area contributed by atoms with Crippen LogP contribution in [-0.4, -0.2) is 6.61 Å². The normalized spacial score (nSPS) is 10.6. The molecule has 146 valence electrons. The number of rotatable bonds is 8. The average molecular weight is 461 g/mol. The van der Waals surface area contributed by atoms with E-state index in [0.29, 0.717) is 36.3 Å². The fourth-order valence-corrected chi connectivity index (χ4v) is 3.65. The van der Waals surface area contributed by atoms with Crippen LogP contribution < -0.4 is 14.8 Å². The summed E-state index contributed by atoms with van der Waals surface area (Å²) in [5.74, 6) is 1.39. The molecule has 0 fully saturated rings. The lowest BCUT2D eigenvalue weighted by atomic mass is 10.1. The summed E-state index contributed by atoms with van der Waals surface area (Å²) in [6.07, 6.45) is 0. The van der Waals surface area contributed by atoms with Crippen LogP contribution >= 0.6 is 27.5 Å². The summed E-state index contributed by atoms with van der Waals surface area (Å²) >= 11 is 9.87. The van der Waals surface area contributed by atoms with Gasteiger partial charge in [-0.15, -0.1) is 0 Å². The van der Waals surface area contributed by atoms with Gasteiger partial charge in [0.2, 0.25) is 0 Å². The van der Waals surface area contributed by atoms with Gasteiger partial charge < -0.3 is 14.8 Å². The highest BCUT2D eigenvalue weighted by Gasteiger charge is 2.13. The summed E-state index contributed by atoms with van der Waals surface area (Å²) in [4.78, 5) is 0. The zero-order chi connectivity index (χ0) is 19.9. The van der Waals surface area contributed by atoms with Gasteiger partial charge in [0.1, 0.15) is 6.61 Å². The van der Waals surface area contributed by atoms with Gasteiger partial charge in [-0.1, -0.05) is 41.9 Å². The van der Waals surface area contributed by atoms with Crippen molar-refractivity contribution in [2.75, 3.05) is 11.9 Å². The molecule has 3 rings (SSSR count). The fourth-order valence-electron chi connectivity index (χ4n) is 2.85. The molecule has 0 saturated carbocycles. The standard InChI is InChI=1S/C23H23BrClNO2/c1-3-27-22-13-17(14-26-19-9-6-7-16(2)11-19)12-20(24)23(22)28-15-18-8-4-5-10-21(18)25/h4-13,26H,3,14-15H2,1-2H3. The summed E-state index contributed by atoms with van der Waals surface area (Å²) in [5.41, 5.74) is 4.35. The molecule has 28 heavy (non-hydrogen) atoms. The second-order valence-corrected chi connectivity index (χ2v) is 7.70. The smallest absolute Gasteiger partial charge is 0.175 e. The largest absolute Gasteiger partial charge is 0.490 e. The molecular formula is C23H23BrClNO2. The minimum Gasteiger partial charge on any atom is -0.490 e. The van der Waals surface area contributed by atoms with Crippen LogP contribution in [0.25, 0.3) is 0 Å². The number of hydrogen-bond donors (Lipinski definition) is 1. The molecule has 0 bridgehead atoms. The molecule has 0 aliphatic rings. The van der Waals surface area contributed by atoms with E-state index in [4.69, 9.17) is 21.1 Å². The third-order valence-corrected chi connectivity index (χ3v) is 5.17. The van der Waals surface area contributed by atoms with Gasteiger partial charge in [0.25, 0.3) is 0 Å². The van der Waals surface area contributed by atoms with Crippen LogP contribution in [0.2, 0.25) is 5.02 Å². The molecular weight excluding hydrogens is 438 g/mol. The van der Waals surface area contributed by atoms with Gasteiger partial charge in [-0.2, -0.15) is 0 Å². The van der Waals surface area contributed by atoms with Gasteiger partial charge in [-0.3, -0.25) is 0 Å². The van der Waals surface area contributed by atoms with Gasteiger partial charge in [0.05, 0.1) is 11.1 Å². The molecule has 0 spiro atoms. The van der Waals surface area contributed by atoms with E-state index >= 15 is 0 Å². The van der Waals surface area contributed by atoms with Crippen molar-refractivity contribution < 1.29 is 9.47 Å². The van der Waals surface area contributed by atoms with Gasteiger partial charge >= 0.3 is 0 Å². The molecule has 0 saturated heterocycles. The van der Waals surface area contributed by atoms with Crippen LogP contribution in [0.4, 0.5) is 5.69 Å². The first kappa shape index (κ1) is 20.6. The Hall–Kier alpha value is -2.17. The van der Waals surface area contributed by atoms with E-state index in [2.05, 4.69) is 46.4 Å². The lowest BCUT2D eigenvalue weighted by Gasteiger charge is -2.16. The Bertz CT molecular complexity index is 946. The zero-order valence-electron chi connectivity index (χ0n) is 16.0. The molecule has 5 heteroatoms. The van der Waals surface area contributed by atoms with E-state index in [-0.39, 0.29) is 0 Å². The van der Waals surface area contributed by atoms with E-state index in [1.807, 2.05) is 49.4 Å². The second-order valence-electron chi connectivity index (χ2n) is 6.44. The molecule has 0 aliphatic carbocycles. The highest BCUT2D eigenvalue weighted by Crippen LogP contribution is 2.38. The second kappa shape index (κ2) is 9.85. The van der Waals surface area contributed by atoms with Gasteiger partial charge in [-0.25, -0.2) is 0 Å². The topological polar surface area (TPSA) is 30.5 Å². The van der Waals surface area contributed by atoms with Gasteiger partial charge in [0.15, 0.2) is 11.5 Å². The van der Waals surface area contributed by atoms with Crippen molar-refractivity contribution in [1.29, 1.82) is 0 Å². The fraction of sp³-hybridized carbons (Fsp3) is 0.217. The maximum absolute atomic E-state index is 6.24. The third-order valence-electron chi connectivity index (χ3n) is 4.21. The highest BCUT2D eigenvalue weighted by molar-refractivity contribution is 9.10. The van der Waals surface area contributed by atoms with E-state index in [9.17, 15) is 0 Å². The van der Waals surface area contributed by atoms with Crippen molar-refractivity contribution in [3.8, 4) is 11.5 Å². The lowest BCUT2D eigenvalue weighted by molar-refractivity contribution is 0.267. The minimum atomic E-state index is 0.374. The summed E-state index contributed by atoms with van der Waals surface area (Å²) in [5, 5.41) is 4.14. The first-order chi connectivity index (χ1) is 13.6. The molecule has 0 radical (unpaired) electrons. The van der Waals surface area contributed by atoms with Crippen LogP contribution in [-0.2, 0) is 13.2 Å². The Morgan fingerprint density at radius 2 is 1.82 bits per heavy atom. The Balaban J connectivity index is 1.76. The van der Waals surface area contributed by atoms with Crippen LogP contribution in [0, 0.1) is 6.92 Å². The number of anilines is 1. The van der Waals surface area contributed by atoms with Crippen LogP contribution in [0.3, 0.4) is 0 Å². The van der Waals surface area contributed by atoms with Crippen molar-refractivity contribution in [2.24, 2.45) is 0 Å². The Morgan fingerprint density at radius 1 is 1.00 bits per heavy atom. The Morgan fingerprint density at radius 3 is 2.57 bits per heavy atom. The SMILES string of the molecule is CCOc1cc(CNc2cccc(C)c2)cc(Br)c1OCc1ccccc1Cl. The molecule has 0 heterocycles. The summed E-state index contributed by atoms with van der Waals surface area (Å²) in [6.45, 7) is 5.67. The van der Waals surface area contributed by atoms with E-state index < -0.39 is 0 Å². The Kier molecular flexibility index (Phi) is 7.24. The first-order valence-electron chi connectivity index (χ1n) is 9.18. The van der Waals surface area contributed by atoms with E-state index in [0.717, 1.165) is 21.3 Å². The van der Waals surface area contributed by atoms with Gasteiger partial charge in [0, 0.05) is 22.8 Å².